The van der Waals surface area contributed by atoms with Crippen LogP contribution in [0, 0.1) is 0 Å². The van der Waals surface area contributed by atoms with Gasteiger partial charge < -0.3 is 15.8 Å². The van der Waals surface area contributed by atoms with Gasteiger partial charge in [0.2, 0.25) is 0 Å². The van der Waals surface area contributed by atoms with Crippen molar-refractivity contribution in [3.63, 3.8) is 0 Å². The zero-order valence-corrected chi connectivity index (χ0v) is 11.1. The van der Waals surface area contributed by atoms with Gasteiger partial charge >= 0.3 is 0 Å². The molecule has 1 rings (SSSR count). The number of benzene rings is 1. The molecule has 18 heavy (non-hydrogen) atoms. The maximum absolute atomic E-state index is 11.7. The fourth-order valence-corrected chi connectivity index (χ4v) is 1.35. The van der Waals surface area contributed by atoms with Gasteiger partial charge in [0, 0.05) is 24.9 Å². The summed E-state index contributed by atoms with van der Waals surface area (Å²) in [7, 11) is 1.42. The minimum absolute atomic E-state index is 0. The SMILES string of the molecule is COC(CN)C(=O)Nc1cccc(C(C)=O)c1.Cl. The Hall–Kier alpha value is -1.43. The highest BCUT2D eigenvalue weighted by molar-refractivity contribution is 5.98. The molecule has 0 bridgehead atoms. The number of carbonyl (C=O) groups excluding carboxylic acids is 2. The molecule has 1 amide bonds. The summed E-state index contributed by atoms with van der Waals surface area (Å²) < 4.78 is 4.91. The number of amides is 1. The number of hydrogen-bond acceptors (Lipinski definition) is 4. The van der Waals surface area contributed by atoms with E-state index < -0.39 is 6.10 Å². The van der Waals surface area contributed by atoms with Crippen molar-refractivity contribution in [2.75, 3.05) is 19.0 Å². The monoisotopic (exact) mass is 272 g/mol. The standard InChI is InChI=1S/C12H16N2O3.ClH/c1-8(15)9-4-3-5-10(6-9)14-12(16)11(7-13)17-2;/h3-6,11H,7,13H2,1-2H3,(H,14,16);1H. The molecule has 0 aliphatic heterocycles. The minimum atomic E-state index is -0.684. The van der Waals surface area contributed by atoms with Gasteiger partial charge in [0.15, 0.2) is 5.78 Å². The van der Waals surface area contributed by atoms with E-state index in [9.17, 15) is 9.59 Å². The van der Waals surface area contributed by atoms with Crippen LogP contribution < -0.4 is 11.1 Å². The molecule has 1 unspecified atom stereocenters. The molecule has 0 saturated heterocycles. The van der Waals surface area contributed by atoms with Crippen LogP contribution in [0.2, 0.25) is 0 Å². The van der Waals surface area contributed by atoms with Gasteiger partial charge in [0.1, 0.15) is 6.10 Å². The van der Waals surface area contributed by atoms with Gasteiger partial charge in [0.05, 0.1) is 0 Å². The molecular formula is C12H17ClN2O3. The number of nitrogens with two attached hydrogens (primary N) is 1. The maximum Gasteiger partial charge on any atom is 0.254 e. The Morgan fingerprint density at radius 2 is 2.11 bits per heavy atom. The van der Waals surface area contributed by atoms with Gasteiger partial charge in [-0.3, -0.25) is 9.59 Å². The van der Waals surface area contributed by atoms with Crippen LogP contribution >= 0.6 is 12.4 Å². The molecule has 6 heteroatoms. The Kier molecular flexibility index (Phi) is 7.19. The summed E-state index contributed by atoms with van der Waals surface area (Å²) in [6, 6.07) is 6.71. The summed E-state index contributed by atoms with van der Waals surface area (Å²) in [6.45, 7) is 1.58. The molecule has 0 aromatic heterocycles. The Bertz CT molecular complexity index is 420. The molecular weight excluding hydrogens is 256 g/mol. The molecule has 3 N–H and O–H groups in total. The summed E-state index contributed by atoms with van der Waals surface area (Å²) in [5, 5.41) is 2.64. The highest BCUT2D eigenvalue weighted by atomic mass is 35.5. The van der Waals surface area contributed by atoms with Gasteiger partial charge in [-0.1, -0.05) is 12.1 Å². The third-order valence-corrected chi connectivity index (χ3v) is 2.33. The number of hydrogen-bond donors (Lipinski definition) is 2. The Morgan fingerprint density at radius 3 is 2.61 bits per heavy atom. The molecule has 0 saturated carbocycles. The molecule has 1 aromatic rings. The van der Waals surface area contributed by atoms with Crippen molar-refractivity contribution in [1.29, 1.82) is 0 Å². The number of carbonyl (C=O) groups is 2. The third kappa shape index (κ3) is 4.44. The number of halogens is 1. The number of ether oxygens (including phenoxy) is 1. The fourth-order valence-electron chi connectivity index (χ4n) is 1.35. The van der Waals surface area contributed by atoms with E-state index in [4.69, 9.17) is 10.5 Å². The zero-order valence-electron chi connectivity index (χ0n) is 10.3. The van der Waals surface area contributed by atoms with E-state index in [1.807, 2.05) is 0 Å². The van der Waals surface area contributed by atoms with Crippen LogP contribution in [0.3, 0.4) is 0 Å². The van der Waals surface area contributed by atoms with Crippen LogP contribution in [0.25, 0.3) is 0 Å². The van der Waals surface area contributed by atoms with Crippen molar-refractivity contribution < 1.29 is 14.3 Å². The van der Waals surface area contributed by atoms with E-state index in [-0.39, 0.29) is 30.6 Å². The summed E-state index contributed by atoms with van der Waals surface area (Å²) in [5.41, 5.74) is 6.48. The molecule has 0 spiro atoms. The molecule has 0 radical (unpaired) electrons. The van der Waals surface area contributed by atoms with Gasteiger partial charge in [-0.15, -0.1) is 12.4 Å². The van der Waals surface area contributed by atoms with Crippen molar-refractivity contribution in [3.8, 4) is 0 Å². The molecule has 0 aliphatic carbocycles. The lowest BCUT2D eigenvalue weighted by Gasteiger charge is -2.13. The lowest BCUT2D eigenvalue weighted by molar-refractivity contribution is -0.125. The number of rotatable bonds is 5. The first-order valence-corrected chi connectivity index (χ1v) is 5.23. The Labute approximate surface area is 112 Å². The lowest BCUT2D eigenvalue weighted by atomic mass is 10.1. The van der Waals surface area contributed by atoms with Gasteiger partial charge in [-0.2, -0.15) is 0 Å². The highest BCUT2D eigenvalue weighted by Gasteiger charge is 2.15. The average Bonchev–Trinajstić information content (AvgIpc) is 2.30. The molecule has 0 fully saturated rings. The van der Waals surface area contributed by atoms with Gasteiger partial charge in [-0.05, 0) is 19.1 Å². The van der Waals surface area contributed by atoms with Crippen LogP contribution in [0.1, 0.15) is 17.3 Å². The predicted octanol–water partition coefficient (Wildman–Crippen LogP) is 1.22. The normalized spacial score (nSPS) is 11.3. The summed E-state index contributed by atoms with van der Waals surface area (Å²) in [6.07, 6.45) is -0.684. The van der Waals surface area contributed by atoms with Crippen LogP contribution in [0.5, 0.6) is 0 Å². The molecule has 1 atom stereocenters. The van der Waals surface area contributed by atoms with E-state index in [1.54, 1.807) is 24.3 Å². The number of methoxy groups -OCH3 is 1. The molecule has 5 nitrogen and oxygen atoms in total. The van der Waals surface area contributed by atoms with Crippen LogP contribution in [0.4, 0.5) is 5.69 Å². The number of ketones is 1. The van der Waals surface area contributed by atoms with Crippen molar-refractivity contribution in [1.82, 2.24) is 0 Å². The van der Waals surface area contributed by atoms with Crippen molar-refractivity contribution >= 4 is 29.8 Å². The first kappa shape index (κ1) is 16.6. The summed E-state index contributed by atoms with van der Waals surface area (Å²) in [5.74, 6) is -0.376. The summed E-state index contributed by atoms with van der Waals surface area (Å²) >= 11 is 0. The maximum atomic E-state index is 11.7. The molecule has 0 aliphatic rings. The van der Waals surface area contributed by atoms with Gasteiger partial charge in [-0.25, -0.2) is 0 Å². The number of nitrogens with one attached hydrogen (secondary N) is 1. The first-order valence-electron chi connectivity index (χ1n) is 5.23. The fraction of sp³-hybridized carbons (Fsp3) is 0.333. The predicted molar refractivity (Wildman–Crippen MR) is 72.2 cm³/mol. The van der Waals surface area contributed by atoms with E-state index in [0.717, 1.165) is 0 Å². The molecule has 100 valence electrons. The largest absolute Gasteiger partial charge is 0.370 e. The zero-order chi connectivity index (χ0) is 12.8. The topological polar surface area (TPSA) is 81.4 Å². The summed E-state index contributed by atoms with van der Waals surface area (Å²) in [4.78, 5) is 22.8. The quantitative estimate of drug-likeness (QED) is 0.790. The Morgan fingerprint density at radius 1 is 1.44 bits per heavy atom. The second-order valence-corrected chi connectivity index (χ2v) is 3.59. The molecule has 1 aromatic carbocycles. The minimum Gasteiger partial charge on any atom is -0.370 e. The first-order chi connectivity index (χ1) is 8.08. The van der Waals surface area contributed by atoms with Crippen molar-refractivity contribution in [3.05, 3.63) is 29.8 Å². The van der Waals surface area contributed by atoms with Crippen molar-refractivity contribution in [2.45, 2.75) is 13.0 Å². The number of Topliss-reactive ketones (excluding diaryl/α,β-unsaturated/α-hetero) is 1. The lowest BCUT2D eigenvalue weighted by Crippen LogP contribution is -2.35. The van der Waals surface area contributed by atoms with Crippen molar-refractivity contribution in [2.24, 2.45) is 5.73 Å². The Balaban J connectivity index is 0.00000289. The highest BCUT2D eigenvalue weighted by Crippen LogP contribution is 2.11. The second-order valence-electron chi connectivity index (χ2n) is 3.59. The smallest absolute Gasteiger partial charge is 0.254 e. The van der Waals surface area contributed by atoms with E-state index in [1.165, 1.54) is 14.0 Å². The van der Waals surface area contributed by atoms with Crippen LogP contribution in [-0.2, 0) is 9.53 Å². The molecule has 0 heterocycles. The average molecular weight is 273 g/mol. The van der Waals surface area contributed by atoms with Crippen LogP contribution in [-0.4, -0.2) is 31.4 Å². The third-order valence-electron chi connectivity index (χ3n) is 2.33. The number of anilines is 1. The van der Waals surface area contributed by atoms with E-state index in [0.29, 0.717) is 11.3 Å². The van der Waals surface area contributed by atoms with E-state index >= 15 is 0 Å². The second kappa shape index (κ2) is 7.81. The van der Waals surface area contributed by atoms with Gasteiger partial charge in [0.25, 0.3) is 5.91 Å². The van der Waals surface area contributed by atoms with Crippen LogP contribution in [0.15, 0.2) is 24.3 Å². The van der Waals surface area contributed by atoms with E-state index in [2.05, 4.69) is 5.32 Å².